The molecule has 0 saturated carbocycles. The van der Waals surface area contributed by atoms with E-state index in [2.05, 4.69) is 30.8 Å². The van der Waals surface area contributed by atoms with Gasteiger partial charge in [-0.25, -0.2) is 0 Å². The maximum atomic E-state index is 13.3. The van der Waals surface area contributed by atoms with Crippen LogP contribution in [-0.4, -0.2) is 40.8 Å². The molecule has 3 aromatic rings. The molecule has 3 rings (SSSR count). The zero-order chi connectivity index (χ0) is 20.7. The van der Waals surface area contributed by atoms with E-state index in [1.165, 1.54) is 4.46 Å². The minimum absolute atomic E-state index is 0.0881. The Kier molecular flexibility index (Phi) is 7.45. The van der Waals surface area contributed by atoms with E-state index in [1.807, 2.05) is 55.5 Å². The van der Waals surface area contributed by atoms with Crippen molar-refractivity contribution in [3.8, 4) is 0 Å². The normalized spacial score (nSPS) is 12.6. The predicted molar refractivity (Wildman–Crippen MR) is 121 cm³/mol. The monoisotopic (exact) mass is 471 g/mol. The first-order chi connectivity index (χ1) is 14.0. The molecule has 0 amide bonds. The molecule has 0 aliphatic carbocycles. The average Bonchev–Trinajstić information content (AvgIpc) is 2.74. The van der Waals surface area contributed by atoms with E-state index in [0.29, 0.717) is 11.4 Å². The molecule has 5 heteroatoms. The molecular weight excluding hydrogens is 445 g/mol. The summed E-state index contributed by atoms with van der Waals surface area (Å²) in [4.78, 5) is 0.426. The molecule has 0 heterocycles. The molecule has 0 N–H and O–H groups in total. The van der Waals surface area contributed by atoms with Gasteiger partial charge in [0.05, 0.1) is 0 Å². The molecule has 0 radical (unpaired) electrons. The summed E-state index contributed by atoms with van der Waals surface area (Å²) in [5.74, 6) is 0. The Balaban J connectivity index is 1.93. The van der Waals surface area contributed by atoms with Gasteiger partial charge in [-0.05, 0) is 0 Å². The van der Waals surface area contributed by atoms with Crippen LogP contribution in [-0.2, 0) is 10.0 Å². The van der Waals surface area contributed by atoms with Crippen molar-refractivity contribution < 1.29 is 8.42 Å². The zero-order valence-corrected chi connectivity index (χ0v) is 19.0. The van der Waals surface area contributed by atoms with Gasteiger partial charge >= 0.3 is 181 Å². The van der Waals surface area contributed by atoms with Gasteiger partial charge < -0.3 is 0 Å². The van der Waals surface area contributed by atoms with Crippen molar-refractivity contribution in [1.82, 2.24) is 4.31 Å². The fourth-order valence-electron chi connectivity index (χ4n) is 3.00. The van der Waals surface area contributed by atoms with Gasteiger partial charge in [0.15, 0.2) is 0 Å². The zero-order valence-electron chi connectivity index (χ0n) is 16.4. The maximum absolute atomic E-state index is 13.3. The van der Waals surface area contributed by atoms with Crippen LogP contribution in [0.4, 0.5) is 0 Å². The number of aryl methyl sites for hydroxylation is 1. The van der Waals surface area contributed by atoms with Gasteiger partial charge in [0, 0.05) is 0 Å². The topological polar surface area (TPSA) is 37.4 Å². The van der Waals surface area contributed by atoms with E-state index in [4.69, 9.17) is 0 Å². The van der Waals surface area contributed by atoms with Crippen molar-refractivity contribution in [3.63, 3.8) is 0 Å². The molecule has 3 aromatic carbocycles. The molecule has 0 saturated heterocycles. The summed E-state index contributed by atoms with van der Waals surface area (Å²) in [5.41, 5.74) is 2.19. The number of benzene rings is 3. The Hall–Kier alpha value is -2.17. The second-order valence-corrected chi connectivity index (χ2v) is 11.4. The third-order valence-corrected chi connectivity index (χ3v) is 9.02. The average molecular weight is 470 g/mol. The second kappa shape index (κ2) is 10.0. The number of sulfonamides is 1. The molecule has 1 unspecified atom stereocenters. The molecule has 0 aromatic heterocycles. The van der Waals surface area contributed by atoms with E-state index in [9.17, 15) is 8.42 Å². The van der Waals surface area contributed by atoms with E-state index in [0.717, 1.165) is 11.1 Å². The van der Waals surface area contributed by atoms with Gasteiger partial charge in [-0.3, -0.25) is 0 Å². The molecule has 0 fully saturated rings. The Morgan fingerprint density at radius 2 is 1.52 bits per heavy atom. The predicted octanol–water partition coefficient (Wildman–Crippen LogP) is 3.94. The summed E-state index contributed by atoms with van der Waals surface area (Å²) in [6.45, 7) is 6.43. The fraction of sp³-hybridized carbons (Fsp3) is 0.167. The standard InChI is InChI=1S/C24H25NO2SSe/c1-3-18-25(28(26,27)22-16-14-20(2)15-17-22)19-24(21-10-6-4-7-11-21)29-23-12-8-5-9-13-23/h3-17,24H,1,18-19H2,2H3. The molecule has 150 valence electrons. The third kappa shape index (κ3) is 5.68. The molecule has 0 bridgehead atoms. The van der Waals surface area contributed by atoms with E-state index in [-0.39, 0.29) is 26.3 Å². The van der Waals surface area contributed by atoms with Gasteiger partial charge in [-0.1, -0.05) is 0 Å². The SMILES string of the molecule is C=CCN(CC([Se]c1ccccc1)c1ccccc1)S(=O)(=O)c1ccc(C)cc1. The molecule has 0 aliphatic heterocycles. The molecule has 0 spiro atoms. The summed E-state index contributed by atoms with van der Waals surface area (Å²) in [6.07, 6.45) is 1.66. The Morgan fingerprint density at radius 3 is 2.10 bits per heavy atom. The van der Waals surface area contributed by atoms with Crippen LogP contribution < -0.4 is 4.46 Å². The quantitative estimate of drug-likeness (QED) is 0.351. The van der Waals surface area contributed by atoms with E-state index < -0.39 is 10.0 Å². The Morgan fingerprint density at radius 1 is 0.931 bits per heavy atom. The van der Waals surface area contributed by atoms with Crippen LogP contribution in [0.15, 0.2) is 102 Å². The Bertz CT molecular complexity index is 1020. The first kappa shape index (κ1) is 21.5. The van der Waals surface area contributed by atoms with Crippen molar-refractivity contribution in [1.29, 1.82) is 0 Å². The number of rotatable bonds is 9. The van der Waals surface area contributed by atoms with Crippen molar-refractivity contribution in [2.45, 2.75) is 16.6 Å². The van der Waals surface area contributed by atoms with Gasteiger partial charge in [0.2, 0.25) is 0 Å². The summed E-state index contributed by atoms with van der Waals surface area (Å²) in [5, 5.41) is 0. The van der Waals surface area contributed by atoms with Crippen molar-refractivity contribution in [2.24, 2.45) is 0 Å². The fourth-order valence-corrected chi connectivity index (χ4v) is 7.14. The first-order valence-electron chi connectivity index (χ1n) is 9.45. The van der Waals surface area contributed by atoms with Gasteiger partial charge in [-0.2, -0.15) is 0 Å². The van der Waals surface area contributed by atoms with Crippen molar-refractivity contribution in [3.05, 3.63) is 109 Å². The van der Waals surface area contributed by atoms with Crippen LogP contribution in [0.3, 0.4) is 0 Å². The number of nitrogens with zero attached hydrogens (tertiary/aromatic N) is 1. The summed E-state index contributed by atoms with van der Waals surface area (Å²) < 4.78 is 29.5. The van der Waals surface area contributed by atoms with Gasteiger partial charge in [0.25, 0.3) is 0 Å². The van der Waals surface area contributed by atoms with Crippen molar-refractivity contribution in [2.75, 3.05) is 13.1 Å². The molecule has 3 nitrogen and oxygen atoms in total. The summed E-state index contributed by atoms with van der Waals surface area (Å²) >= 11 is 0.0881. The molecule has 1 atom stereocenters. The minimum atomic E-state index is -3.60. The van der Waals surface area contributed by atoms with Crippen LogP contribution in [0.1, 0.15) is 15.9 Å². The Labute approximate surface area is 180 Å². The van der Waals surface area contributed by atoms with E-state index >= 15 is 0 Å². The van der Waals surface area contributed by atoms with Crippen LogP contribution in [0.5, 0.6) is 0 Å². The molecular formula is C24H25NO2SSe. The van der Waals surface area contributed by atoms with Crippen LogP contribution in [0.2, 0.25) is 0 Å². The summed E-state index contributed by atoms with van der Waals surface area (Å²) in [7, 11) is -3.60. The molecule has 29 heavy (non-hydrogen) atoms. The number of hydrogen-bond donors (Lipinski definition) is 0. The number of hydrogen-bond acceptors (Lipinski definition) is 2. The van der Waals surface area contributed by atoms with Gasteiger partial charge in [0.1, 0.15) is 0 Å². The molecule has 0 aliphatic rings. The van der Waals surface area contributed by atoms with Crippen LogP contribution in [0.25, 0.3) is 0 Å². The third-order valence-electron chi connectivity index (χ3n) is 4.55. The van der Waals surface area contributed by atoms with Crippen molar-refractivity contribution >= 4 is 29.4 Å². The second-order valence-electron chi connectivity index (χ2n) is 6.75. The van der Waals surface area contributed by atoms with E-state index in [1.54, 1.807) is 22.5 Å². The van der Waals surface area contributed by atoms with Crippen LogP contribution >= 0.6 is 0 Å². The summed E-state index contributed by atoms with van der Waals surface area (Å²) in [6, 6.07) is 27.5. The first-order valence-corrected chi connectivity index (χ1v) is 12.7. The van der Waals surface area contributed by atoms with Gasteiger partial charge in [-0.15, -0.1) is 0 Å². The van der Waals surface area contributed by atoms with Crippen LogP contribution in [0, 0.1) is 6.92 Å².